The average molecular weight is 346 g/mol. The molecule has 2 aromatic rings. The lowest BCUT2D eigenvalue weighted by Gasteiger charge is -2.05. The first-order valence-corrected chi connectivity index (χ1v) is 6.91. The summed E-state index contributed by atoms with van der Waals surface area (Å²) in [5, 5.41) is 22.5. The van der Waals surface area contributed by atoms with Crippen molar-refractivity contribution in [2.45, 2.75) is 0 Å². The molecule has 0 spiro atoms. The summed E-state index contributed by atoms with van der Waals surface area (Å²) in [4.78, 5) is 22.4. The van der Waals surface area contributed by atoms with Gasteiger partial charge in [-0.25, -0.2) is 4.39 Å². The number of carbonyl (C=O) groups excluding carboxylic acids is 1. The van der Waals surface area contributed by atoms with Crippen LogP contribution in [0.2, 0.25) is 5.02 Å². The predicted molar refractivity (Wildman–Crippen MR) is 86.7 cm³/mol. The van der Waals surface area contributed by atoms with Gasteiger partial charge in [0.25, 0.3) is 11.6 Å². The van der Waals surface area contributed by atoms with E-state index >= 15 is 0 Å². The number of anilines is 1. The van der Waals surface area contributed by atoms with Crippen molar-refractivity contribution in [1.82, 2.24) is 0 Å². The highest BCUT2D eigenvalue weighted by molar-refractivity contribution is 6.31. The van der Waals surface area contributed by atoms with Crippen LogP contribution in [-0.2, 0) is 4.79 Å². The molecule has 0 saturated heterocycles. The summed E-state index contributed by atoms with van der Waals surface area (Å²) in [5.74, 6) is -1.28. The molecule has 0 radical (unpaired) electrons. The molecule has 1 amide bonds. The van der Waals surface area contributed by atoms with Crippen LogP contribution in [0, 0.1) is 27.3 Å². The number of hydrogen-bond acceptors (Lipinski definition) is 4. The van der Waals surface area contributed by atoms with Gasteiger partial charge in [0.05, 0.1) is 4.92 Å². The first-order valence-electron chi connectivity index (χ1n) is 6.53. The number of amides is 1. The van der Waals surface area contributed by atoms with E-state index in [1.54, 1.807) is 6.07 Å². The molecule has 0 atom stereocenters. The van der Waals surface area contributed by atoms with E-state index in [4.69, 9.17) is 16.9 Å². The van der Waals surface area contributed by atoms with Gasteiger partial charge in [-0.2, -0.15) is 5.26 Å². The highest BCUT2D eigenvalue weighted by Crippen LogP contribution is 2.28. The van der Waals surface area contributed by atoms with Gasteiger partial charge in [0.15, 0.2) is 0 Å². The normalized spacial score (nSPS) is 10.8. The Bertz CT molecular complexity index is 873. The number of nitro benzene ring substituents is 1. The molecule has 2 aromatic carbocycles. The van der Waals surface area contributed by atoms with Gasteiger partial charge in [-0.15, -0.1) is 0 Å². The summed E-state index contributed by atoms with van der Waals surface area (Å²) >= 11 is 5.70. The molecule has 0 unspecified atom stereocenters. The third-order valence-corrected chi connectivity index (χ3v) is 3.19. The smallest absolute Gasteiger partial charge is 0.294 e. The number of rotatable bonds is 4. The lowest BCUT2D eigenvalue weighted by molar-refractivity contribution is -0.383. The Balaban J connectivity index is 2.29. The number of benzene rings is 2. The summed E-state index contributed by atoms with van der Waals surface area (Å²) < 4.78 is 12.9. The van der Waals surface area contributed by atoms with Crippen molar-refractivity contribution in [2.75, 3.05) is 5.32 Å². The third-order valence-electron chi connectivity index (χ3n) is 2.95. The molecular weight excluding hydrogens is 337 g/mol. The van der Waals surface area contributed by atoms with Crippen molar-refractivity contribution < 1.29 is 14.1 Å². The van der Waals surface area contributed by atoms with Crippen LogP contribution < -0.4 is 5.32 Å². The zero-order chi connectivity index (χ0) is 17.7. The molecule has 0 heterocycles. The van der Waals surface area contributed by atoms with Crippen LogP contribution in [0.4, 0.5) is 15.8 Å². The Hall–Kier alpha value is -3.24. The maximum Gasteiger partial charge on any atom is 0.294 e. The van der Waals surface area contributed by atoms with Gasteiger partial charge in [-0.1, -0.05) is 23.7 Å². The molecule has 120 valence electrons. The van der Waals surface area contributed by atoms with Gasteiger partial charge in [0.2, 0.25) is 0 Å². The van der Waals surface area contributed by atoms with Crippen LogP contribution >= 0.6 is 11.6 Å². The zero-order valence-electron chi connectivity index (χ0n) is 12.0. The van der Waals surface area contributed by atoms with Gasteiger partial charge in [-0.3, -0.25) is 14.9 Å². The second-order valence-electron chi connectivity index (χ2n) is 4.59. The van der Waals surface area contributed by atoms with Gasteiger partial charge in [0, 0.05) is 11.1 Å². The number of nitrogens with one attached hydrogen (secondary N) is 1. The maximum absolute atomic E-state index is 12.9. The van der Waals surface area contributed by atoms with Gasteiger partial charge in [-0.05, 0) is 35.9 Å². The Morgan fingerprint density at radius 3 is 2.54 bits per heavy atom. The average Bonchev–Trinajstić information content (AvgIpc) is 2.55. The summed E-state index contributed by atoms with van der Waals surface area (Å²) in [6, 6.07) is 10.6. The quantitative estimate of drug-likeness (QED) is 0.393. The standard InChI is InChI=1S/C16H9ClFN3O3/c17-12-3-6-14(15(8-12)21(23)24)20-16(22)11(9-19)7-10-1-4-13(18)5-2-10/h1-8H,(H,20,22). The van der Waals surface area contributed by atoms with Crippen LogP contribution in [0.3, 0.4) is 0 Å². The lowest BCUT2D eigenvalue weighted by Crippen LogP contribution is -2.14. The first-order chi connectivity index (χ1) is 11.4. The second kappa shape index (κ2) is 7.35. The molecule has 24 heavy (non-hydrogen) atoms. The van der Waals surface area contributed by atoms with Crippen LogP contribution in [0.1, 0.15) is 5.56 Å². The fraction of sp³-hybridized carbons (Fsp3) is 0. The predicted octanol–water partition coefficient (Wildman–Crippen LogP) is 3.93. The second-order valence-corrected chi connectivity index (χ2v) is 5.03. The minimum atomic E-state index is -0.827. The van der Waals surface area contributed by atoms with E-state index in [9.17, 15) is 19.3 Å². The molecule has 0 fully saturated rings. The minimum Gasteiger partial charge on any atom is -0.316 e. The Morgan fingerprint density at radius 1 is 1.29 bits per heavy atom. The van der Waals surface area contributed by atoms with Crippen molar-refractivity contribution in [2.24, 2.45) is 0 Å². The maximum atomic E-state index is 12.9. The largest absolute Gasteiger partial charge is 0.316 e. The van der Waals surface area contributed by atoms with E-state index in [1.807, 2.05) is 0 Å². The highest BCUT2D eigenvalue weighted by atomic mass is 35.5. The van der Waals surface area contributed by atoms with Crippen molar-refractivity contribution in [1.29, 1.82) is 5.26 Å². The van der Waals surface area contributed by atoms with Crippen molar-refractivity contribution >= 4 is 35.0 Å². The summed E-state index contributed by atoms with van der Waals surface area (Å²) in [5.41, 5.74) is -0.329. The summed E-state index contributed by atoms with van der Waals surface area (Å²) in [7, 11) is 0. The Morgan fingerprint density at radius 2 is 1.96 bits per heavy atom. The van der Waals surface area contributed by atoms with E-state index in [-0.39, 0.29) is 16.3 Å². The molecule has 0 aliphatic heterocycles. The minimum absolute atomic E-state index is 0.0883. The number of hydrogen-bond donors (Lipinski definition) is 1. The molecule has 0 aromatic heterocycles. The van der Waals surface area contributed by atoms with Gasteiger partial charge in [0.1, 0.15) is 23.1 Å². The van der Waals surface area contributed by atoms with Gasteiger partial charge < -0.3 is 5.32 Å². The SMILES string of the molecule is N#CC(=Cc1ccc(F)cc1)C(=O)Nc1ccc(Cl)cc1[N+](=O)[O-]. The van der Waals surface area contributed by atoms with Gasteiger partial charge >= 0.3 is 0 Å². The number of halogens is 2. The zero-order valence-corrected chi connectivity index (χ0v) is 12.7. The molecule has 6 nitrogen and oxygen atoms in total. The molecule has 0 bridgehead atoms. The molecule has 8 heteroatoms. The van der Waals surface area contributed by atoms with E-state index in [0.29, 0.717) is 5.56 Å². The van der Waals surface area contributed by atoms with Crippen LogP contribution in [0.15, 0.2) is 48.0 Å². The number of nitro groups is 1. The Kier molecular flexibility index (Phi) is 5.24. The topological polar surface area (TPSA) is 96.0 Å². The monoisotopic (exact) mass is 345 g/mol. The molecule has 0 aliphatic carbocycles. The first kappa shape index (κ1) is 17.1. The van der Waals surface area contributed by atoms with E-state index in [0.717, 1.165) is 6.07 Å². The third kappa shape index (κ3) is 4.15. The van der Waals surface area contributed by atoms with Crippen molar-refractivity contribution in [3.8, 4) is 6.07 Å². The molecule has 0 saturated carbocycles. The van der Waals surface area contributed by atoms with Crippen molar-refractivity contribution in [3.63, 3.8) is 0 Å². The van der Waals surface area contributed by atoms with Crippen molar-refractivity contribution in [3.05, 3.63) is 74.6 Å². The fourth-order valence-corrected chi connectivity index (χ4v) is 1.99. The van der Waals surface area contributed by atoms with E-state index in [1.165, 1.54) is 42.5 Å². The summed E-state index contributed by atoms with van der Waals surface area (Å²) in [6.07, 6.45) is 1.25. The van der Waals surface area contributed by atoms with E-state index in [2.05, 4.69) is 5.32 Å². The lowest BCUT2D eigenvalue weighted by atomic mass is 10.1. The number of nitriles is 1. The molecule has 0 aliphatic rings. The van der Waals surface area contributed by atoms with Crippen LogP contribution in [0.5, 0.6) is 0 Å². The molecule has 2 rings (SSSR count). The fourth-order valence-electron chi connectivity index (χ4n) is 1.83. The Labute approximate surface area is 140 Å². The number of nitrogens with zero attached hydrogens (tertiary/aromatic N) is 2. The van der Waals surface area contributed by atoms with Crippen LogP contribution in [0.25, 0.3) is 6.08 Å². The summed E-state index contributed by atoms with van der Waals surface area (Å²) in [6.45, 7) is 0. The van der Waals surface area contributed by atoms with E-state index < -0.39 is 22.3 Å². The highest BCUT2D eigenvalue weighted by Gasteiger charge is 2.18. The molecule has 1 N–H and O–H groups in total. The molecular formula is C16H9ClFN3O3. The number of carbonyl (C=O) groups is 1. The van der Waals surface area contributed by atoms with Crippen LogP contribution in [-0.4, -0.2) is 10.8 Å².